The maximum atomic E-state index is 13.5. The Morgan fingerprint density at radius 3 is 2.44 bits per heavy atom. The monoisotopic (exact) mass is 595 g/mol. The first-order valence-corrected chi connectivity index (χ1v) is 13.3. The fraction of sp³-hybridized carbons (Fsp3) is 0.115. The Labute approximate surface area is 256 Å². The molecule has 4 aromatic carbocycles. The van der Waals surface area contributed by atoms with Crippen molar-refractivity contribution in [3.8, 4) is 11.5 Å². The standard InChI is InChI=1S/C26H21Cl2N3O6S.Na/c1-3-14-12-22(38(34,35)36)19(28)13-21(14)30-31-23-16-8-5-4-7-15(16)11-17(24(23)32)26(33)29-20-10-6-9-18(27)25(20)37-2;/h4-13,32H,3H2,1-2H3,(H,29,33)(H,34,35,36);/q;+1/p-1. The van der Waals surface area contributed by atoms with Crippen molar-refractivity contribution in [1.82, 2.24) is 0 Å². The minimum absolute atomic E-state index is 0. The van der Waals surface area contributed by atoms with E-state index in [0.29, 0.717) is 22.8 Å². The van der Waals surface area contributed by atoms with E-state index in [2.05, 4.69) is 15.5 Å². The third-order valence-electron chi connectivity index (χ3n) is 5.69. The van der Waals surface area contributed by atoms with Crippen LogP contribution in [0, 0.1) is 0 Å². The summed E-state index contributed by atoms with van der Waals surface area (Å²) in [5.41, 5.74) is 0.622. The van der Waals surface area contributed by atoms with Crippen LogP contribution >= 0.6 is 23.2 Å². The Morgan fingerprint density at radius 2 is 1.77 bits per heavy atom. The molecule has 39 heavy (non-hydrogen) atoms. The van der Waals surface area contributed by atoms with Gasteiger partial charge in [-0.3, -0.25) is 9.35 Å². The molecule has 0 unspecified atom stereocenters. The molecule has 13 heteroatoms. The number of carbonyl (C=O) groups excluding carboxylic acids is 1. The summed E-state index contributed by atoms with van der Waals surface area (Å²) in [5.74, 6) is -1.13. The Hall–Kier alpha value is -2.70. The fourth-order valence-electron chi connectivity index (χ4n) is 3.84. The first kappa shape index (κ1) is 30.8. The number of nitrogens with zero attached hydrogens (tertiary/aromatic N) is 2. The van der Waals surface area contributed by atoms with E-state index in [1.807, 2.05) is 0 Å². The topological polar surface area (TPSA) is 140 Å². The van der Waals surface area contributed by atoms with Gasteiger partial charge < -0.3 is 15.2 Å². The zero-order valence-corrected chi connectivity index (χ0v) is 25.4. The van der Waals surface area contributed by atoms with E-state index in [1.165, 1.54) is 25.3 Å². The Kier molecular flexibility index (Phi) is 10.0. The smallest absolute Gasteiger partial charge is 0.870 e. The fourth-order valence-corrected chi connectivity index (χ4v) is 5.14. The average molecular weight is 596 g/mol. The molecular formula is C26H20Cl2N3NaO6S. The number of carbonyl (C=O) groups is 1. The van der Waals surface area contributed by atoms with E-state index in [9.17, 15) is 22.9 Å². The van der Waals surface area contributed by atoms with Gasteiger partial charge in [0.25, 0.3) is 16.0 Å². The molecule has 0 atom stereocenters. The van der Waals surface area contributed by atoms with Crippen LogP contribution in [-0.4, -0.2) is 26.0 Å². The summed E-state index contributed by atoms with van der Waals surface area (Å²) in [6.45, 7) is 1.75. The van der Waals surface area contributed by atoms with E-state index in [4.69, 9.17) is 27.9 Å². The Balaban J connectivity index is 0.00000420. The van der Waals surface area contributed by atoms with Crippen molar-refractivity contribution >= 4 is 67.1 Å². The molecule has 2 N–H and O–H groups in total. The summed E-state index contributed by atoms with van der Waals surface area (Å²) in [6, 6.07) is 15.6. The SMILES string of the molecule is CCc1cc(S(=O)(=O)O)c(Cl)cc1N=Nc1c([O-])c(C(=O)Nc2cccc(Cl)c2OC)cc2ccccc12.[Na+]. The van der Waals surface area contributed by atoms with Crippen molar-refractivity contribution in [1.29, 1.82) is 0 Å². The number of halogens is 2. The van der Waals surface area contributed by atoms with Gasteiger partial charge in [0.1, 0.15) is 4.90 Å². The van der Waals surface area contributed by atoms with Gasteiger partial charge in [0.15, 0.2) is 5.75 Å². The molecule has 0 saturated heterocycles. The van der Waals surface area contributed by atoms with Crippen LogP contribution in [0.15, 0.2) is 75.8 Å². The number of hydrogen-bond acceptors (Lipinski definition) is 7. The number of fused-ring (bicyclic) bond motifs is 1. The van der Waals surface area contributed by atoms with Gasteiger partial charge in [-0.2, -0.15) is 18.6 Å². The zero-order valence-electron chi connectivity index (χ0n) is 21.0. The van der Waals surface area contributed by atoms with Crippen LogP contribution in [-0.2, 0) is 16.5 Å². The van der Waals surface area contributed by atoms with Crippen molar-refractivity contribution in [2.45, 2.75) is 18.2 Å². The van der Waals surface area contributed by atoms with Gasteiger partial charge in [-0.25, -0.2) is 0 Å². The molecule has 4 aromatic rings. The van der Waals surface area contributed by atoms with E-state index in [0.717, 1.165) is 0 Å². The summed E-state index contributed by atoms with van der Waals surface area (Å²) in [4.78, 5) is 12.7. The van der Waals surface area contributed by atoms with Crippen LogP contribution in [0.1, 0.15) is 22.8 Å². The van der Waals surface area contributed by atoms with Crippen LogP contribution in [0.5, 0.6) is 11.5 Å². The van der Waals surface area contributed by atoms with E-state index < -0.39 is 26.7 Å². The average Bonchev–Trinajstić information content (AvgIpc) is 2.87. The molecule has 1 amide bonds. The molecule has 0 radical (unpaired) electrons. The summed E-state index contributed by atoms with van der Waals surface area (Å²) < 4.78 is 37.9. The predicted molar refractivity (Wildman–Crippen MR) is 144 cm³/mol. The number of ether oxygens (including phenoxy) is 1. The number of azo groups is 1. The molecule has 0 aliphatic heterocycles. The molecule has 0 aliphatic rings. The largest absolute Gasteiger partial charge is 1.00 e. The van der Waals surface area contributed by atoms with E-state index in [1.54, 1.807) is 49.4 Å². The number of aryl methyl sites for hydroxylation is 1. The summed E-state index contributed by atoms with van der Waals surface area (Å²) in [5, 5.41) is 25.5. The van der Waals surface area contributed by atoms with Crippen LogP contribution in [0.2, 0.25) is 10.0 Å². The van der Waals surface area contributed by atoms with Gasteiger partial charge in [-0.15, -0.1) is 0 Å². The third kappa shape index (κ3) is 6.55. The maximum absolute atomic E-state index is 13.5. The molecule has 9 nitrogen and oxygen atoms in total. The van der Waals surface area contributed by atoms with E-state index in [-0.39, 0.29) is 68.0 Å². The molecule has 0 aliphatic carbocycles. The normalized spacial score (nSPS) is 11.4. The molecule has 0 aromatic heterocycles. The van der Waals surface area contributed by atoms with Gasteiger partial charge in [0.05, 0.1) is 34.2 Å². The zero-order chi connectivity index (χ0) is 27.6. The van der Waals surface area contributed by atoms with Crippen LogP contribution < -0.4 is 44.7 Å². The van der Waals surface area contributed by atoms with Crippen LogP contribution in [0.4, 0.5) is 17.1 Å². The van der Waals surface area contributed by atoms with Gasteiger partial charge in [-0.05, 0) is 47.7 Å². The Morgan fingerprint density at radius 1 is 1.05 bits per heavy atom. The van der Waals surface area contributed by atoms with Crippen LogP contribution in [0.3, 0.4) is 0 Å². The molecular weight excluding hydrogens is 576 g/mol. The first-order chi connectivity index (χ1) is 18.0. The Bertz CT molecular complexity index is 1710. The number of rotatable bonds is 7. The number of benzene rings is 4. The summed E-state index contributed by atoms with van der Waals surface area (Å²) in [6.07, 6.45) is 0.336. The number of methoxy groups -OCH3 is 1. The van der Waals surface area contributed by atoms with Crippen molar-refractivity contribution in [3.05, 3.63) is 81.8 Å². The first-order valence-electron chi connectivity index (χ1n) is 11.1. The number of nitrogens with one attached hydrogen (secondary N) is 1. The van der Waals surface area contributed by atoms with Crippen molar-refractivity contribution < 1.29 is 57.2 Å². The van der Waals surface area contributed by atoms with Gasteiger partial charge >= 0.3 is 29.6 Å². The second-order valence-corrected chi connectivity index (χ2v) is 10.2. The second kappa shape index (κ2) is 12.6. The second-order valence-electron chi connectivity index (χ2n) is 8.04. The predicted octanol–water partition coefficient (Wildman–Crippen LogP) is 3.71. The minimum atomic E-state index is -4.55. The number of hydrogen-bond donors (Lipinski definition) is 2. The summed E-state index contributed by atoms with van der Waals surface area (Å²) >= 11 is 12.2. The van der Waals surface area contributed by atoms with Crippen molar-refractivity contribution in [2.24, 2.45) is 10.2 Å². The third-order valence-corrected chi connectivity index (χ3v) is 7.31. The molecule has 0 heterocycles. The molecule has 0 fully saturated rings. The number of anilines is 1. The molecule has 0 bridgehead atoms. The van der Waals surface area contributed by atoms with Gasteiger partial charge in [-0.1, -0.05) is 66.2 Å². The maximum Gasteiger partial charge on any atom is 1.00 e. The van der Waals surface area contributed by atoms with Crippen molar-refractivity contribution in [2.75, 3.05) is 12.4 Å². The molecule has 0 saturated carbocycles. The molecule has 4 rings (SSSR count). The van der Waals surface area contributed by atoms with Gasteiger partial charge in [0, 0.05) is 10.9 Å². The van der Waals surface area contributed by atoms with Crippen molar-refractivity contribution in [3.63, 3.8) is 0 Å². The quantitative estimate of drug-likeness (QED) is 0.189. The summed E-state index contributed by atoms with van der Waals surface area (Å²) in [7, 11) is -3.14. The number of amides is 1. The minimum Gasteiger partial charge on any atom is -0.870 e. The van der Waals surface area contributed by atoms with Crippen LogP contribution in [0.25, 0.3) is 10.8 Å². The number of para-hydroxylation sites is 1. The molecule has 0 spiro atoms. The molecule has 196 valence electrons. The van der Waals surface area contributed by atoms with E-state index >= 15 is 0 Å². The van der Waals surface area contributed by atoms with Gasteiger partial charge in [0.2, 0.25) is 0 Å².